The fourth-order valence-electron chi connectivity index (χ4n) is 4.97. The molecular formula is C25H34Cl2N2O4. The largest absolute Gasteiger partial charge is 0.488 e. The maximum atomic E-state index is 11.8. The predicted molar refractivity (Wildman–Crippen MR) is 133 cm³/mol. The van der Waals surface area contributed by atoms with Crippen molar-refractivity contribution in [2.45, 2.75) is 38.0 Å². The lowest BCUT2D eigenvalue weighted by Gasteiger charge is -2.35. The molecule has 182 valence electrons. The topological polar surface area (TPSA) is 85.0 Å². The van der Waals surface area contributed by atoms with Gasteiger partial charge in [-0.1, -0.05) is 30.3 Å². The van der Waals surface area contributed by atoms with Crippen molar-refractivity contribution in [1.82, 2.24) is 4.90 Å². The number of carbonyl (C=O) groups is 1. The Bertz CT molecular complexity index is 896. The zero-order chi connectivity index (χ0) is 21.8. The van der Waals surface area contributed by atoms with Gasteiger partial charge in [0, 0.05) is 19.6 Å². The number of rotatable bonds is 7. The van der Waals surface area contributed by atoms with Gasteiger partial charge in [-0.25, -0.2) is 4.79 Å². The fourth-order valence-corrected chi connectivity index (χ4v) is 4.97. The van der Waals surface area contributed by atoms with Crippen LogP contribution < -0.4 is 10.5 Å². The van der Waals surface area contributed by atoms with Crippen LogP contribution in [0.1, 0.15) is 34.3 Å². The Labute approximate surface area is 208 Å². The van der Waals surface area contributed by atoms with Crippen LogP contribution in [-0.4, -0.2) is 54.9 Å². The first-order chi connectivity index (χ1) is 15.1. The molecule has 2 aromatic rings. The molecule has 2 aromatic carbocycles. The Morgan fingerprint density at radius 1 is 1.06 bits per heavy atom. The highest BCUT2D eigenvalue weighted by molar-refractivity contribution is 5.89. The number of hydrogen-bond acceptors (Lipinski definition) is 6. The average molecular weight is 497 g/mol. The standard InChI is InChI=1S/C25H32N2O4.2ClH/c1-30-25(29)19-3-2-4-22(11-19)31-24-13-21-16-27(15-20(21)12-23(24)28)14-18-7-5-17(6-8-18)9-10-26;;/h2-8,11,20-21,23-24,28H,9-10,12-16,26H2,1H3;2*1H/t20-,21+,23+,24+;;/m0../s1. The molecule has 1 aliphatic carbocycles. The quantitative estimate of drug-likeness (QED) is 0.570. The zero-order valence-electron chi connectivity index (χ0n) is 18.9. The van der Waals surface area contributed by atoms with E-state index in [0.717, 1.165) is 38.9 Å². The number of fused-ring (bicyclic) bond motifs is 1. The summed E-state index contributed by atoms with van der Waals surface area (Å²) in [4.78, 5) is 14.3. The minimum Gasteiger partial charge on any atom is -0.488 e. The SMILES string of the molecule is COC(=O)c1cccc(O[C@@H]2C[C@@H]3CN(Cc4ccc(CCN)cc4)C[C@@H]3C[C@H]2O)c1.Cl.Cl. The van der Waals surface area contributed by atoms with Crippen LogP contribution in [0.2, 0.25) is 0 Å². The lowest BCUT2D eigenvalue weighted by molar-refractivity contribution is -0.0231. The molecule has 6 nitrogen and oxygen atoms in total. The number of nitrogens with zero attached hydrogens (tertiary/aromatic N) is 1. The Morgan fingerprint density at radius 2 is 1.73 bits per heavy atom. The number of nitrogens with two attached hydrogens (primary N) is 1. The highest BCUT2D eigenvalue weighted by Gasteiger charge is 2.42. The molecule has 0 unspecified atom stereocenters. The molecule has 1 aliphatic heterocycles. The van der Waals surface area contributed by atoms with E-state index in [2.05, 4.69) is 29.2 Å². The third-order valence-electron chi connectivity index (χ3n) is 6.57. The molecule has 0 aromatic heterocycles. The molecule has 2 aliphatic rings. The van der Waals surface area contributed by atoms with E-state index in [9.17, 15) is 9.90 Å². The second kappa shape index (κ2) is 12.6. The van der Waals surface area contributed by atoms with E-state index in [0.29, 0.717) is 29.7 Å². The van der Waals surface area contributed by atoms with E-state index >= 15 is 0 Å². The molecule has 4 rings (SSSR count). The molecule has 33 heavy (non-hydrogen) atoms. The maximum Gasteiger partial charge on any atom is 0.337 e. The summed E-state index contributed by atoms with van der Waals surface area (Å²) in [6.45, 7) is 3.63. The molecule has 4 atom stereocenters. The second-order valence-electron chi connectivity index (χ2n) is 8.78. The Hall–Kier alpha value is -1.83. The smallest absolute Gasteiger partial charge is 0.337 e. The zero-order valence-corrected chi connectivity index (χ0v) is 20.5. The number of aliphatic hydroxyl groups excluding tert-OH is 1. The minimum absolute atomic E-state index is 0. The van der Waals surface area contributed by atoms with Crippen LogP contribution in [-0.2, 0) is 17.7 Å². The third kappa shape index (κ3) is 6.84. The first kappa shape index (κ1) is 27.4. The number of ether oxygens (including phenoxy) is 2. The van der Waals surface area contributed by atoms with Gasteiger partial charge in [0.1, 0.15) is 11.9 Å². The van der Waals surface area contributed by atoms with Crippen LogP contribution in [0.4, 0.5) is 0 Å². The number of aliphatic hydroxyl groups is 1. The van der Waals surface area contributed by atoms with Gasteiger partial charge in [0.15, 0.2) is 0 Å². The van der Waals surface area contributed by atoms with Gasteiger partial charge < -0.3 is 20.3 Å². The lowest BCUT2D eigenvalue weighted by Crippen LogP contribution is -2.42. The first-order valence-corrected chi connectivity index (χ1v) is 11.1. The van der Waals surface area contributed by atoms with Crippen LogP contribution in [0.15, 0.2) is 48.5 Å². The van der Waals surface area contributed by atoms with Crippen LogP contribution in [0.25, 0.3) is 0 Å². The average Bonchev–Trinajstić information content (AvgIpc) is 3.16. The van der Waals surface area contributed by atoms with Gasteiger partial charge in [-0.15, -0.1) is 24.8 Å². The number of esters is 1. The van der Waals surface area contributed by atoms with Gasteiger partial charge in [0.05, 0.1) is 18.8 Å². The Morgan fingerprint density at radius 3 is 2.39 bits per heavy atom. The van der Waals surface area contributed by atoms with Crippen molar-refractivity contribution >= 4 is 30.8 Å². The first-order valence-electron chi connectivity index (χ1n) is 11.1. The molecular weight excluding hydrogens is 463 g/mol. The number of hydrogen-bond donors (Lipinski definition) is 2. The van der Waals surface area contributed by atoms with Crippen molar-refractivity contribution in [2.24, 2.45) is 17.6 Å². The van der Waals surface area contributed by atoms with Gasteiger partial charge in [0.25, 0.3) is 0 Å². The van der Waals surface area contributed by atoms with E-state index in [1.54, 1.807) is 18.2 Å². The summed E-state index contributed by atoms with van der Waals surface area (Å²) >= 11 is 0. The highest BCUT2D eigenvalue weighted by atomic mass is 35.5. The number of carbonyl (C=O) groups excluding carboxylic acids is 1. The van der Waals surface area contributed by atoms with Crippen LogP contribution in [0.3, 0.4) is 0 Å². The van der Waals surface area contributed by atoms with Crippen molar-refractivity contribution in [1.29, 1.82) is 0 Å². The van der Waals surface area contributed by atoms with Crippen molar-refractivity contribution < 1.29 is 19.4 Å². The number of likely N-dealkylation sites (tertiary alicyclic amines) is 1. The van der Waals surface area contributed by atoms with Crippen molar-refractivity contribution in [3.8, 4) is 5.75 Å². The van der Waals surface area contributed by atoms with Crippen LogP contribution in [0.5, 0.6) is 5.75 Å². The third-order valence-corrected chi connectivity index (χ3v) is 6.57. The van der Waals surface area contributed by atoms with E-state index in [1.165, 1.54) is 18.2 Å². The molecule has 3 N–H and O–H groups in total. The normalized spacial score (nSPS) is 24.2. The molecule has 0 bridgehead atoms. The Balaban J connectivity index is 0.00000193. The molecule has 2 fully saturated rings. The number of methoxy groups -OCH3 is 1. The molecule has 8 heteroatoms. The summed E-state index contributed by atoms with van der Waals surface area (Å²) < 4.78 is 10.9. The van der Waals surface area contributed by atoms with Crippen LogP contribution >= 0.6 is 24.8 Å². The van der Waals surface area contributed by atoms with Gasteiger partial charge in [-0.3, -0.25) is 4.90 Å². The van der Waals surface area contributed by atoms with Crippen molar-refractivity contribution in [2.75, 3.05) is 26.7 Å². The molecule has 0 radical (unpaired) electrons. The summed E-state index contributed by atoms with van der Waals surface area (Å²) in [7, 11) is 1.36. The van der Waals surface area contributed by atoms with Gasteiger partial charge in [-0.05, 0) is 67.0 Å². The Kier molecular flexibility index (Phi) is 10.5. The highest BCUT2D eigenvalue weighted by Crippen LogP contribution is 2.38. The van der Waals surface area contributed by atoms with Crippen molar-refractivity contribution in [3.63, 3.8) is 0 Å². The molecule has 1 heterocycles. The van der Waals surface area contributed by atoms with Crippen LogP contribution in [0, 0.1) is 11.8 Å². The molecule has 1 saturated heterocycles. The van der Waals surface area contributed by atoms with E-state index in [1.807, 2.05) is 6.07 Å². The van der Waals surface area contributed by atoms with E-state index in [4.69, 9.17) is 15.2 Å². The molecule has 1 saturated carbocycles. The predicted octanol–water partition coefficient (Wildman–Crippen LogP) is 3.47. The summed E-state index contributed by atoms with van der Waals surface area (Å²) in [5.74, 6) is 1.21. The van der Waals surface area contributed by atoms with Gasteiger partial charge in [-0.2, -0.15) is 0 Å². The number of benzene rings is 2. The summed E-state index contributed by atoms with van der Waals surface area (Å²) in [6, 6.07) is 15.7. The second-order valence-corrected chi connectivity index (χ2v) is 8.78. The summed E-state index contributed by atoms with van der Waals surface area (Å²) in [6.07, 6.45) is 1.72. The van der Waals surface area contributed by atoms with Gasteiger partial charge in [0.2, 0.25) is 0 Å². The summed E-state index contributed by atoms with van der Waals surface area (Å²) in [5, 5.41) is 10.7. The molecule has 0 amide bonds. The monoisotopic (exact) mass is 496 g/mol. The van der Waals surface area contributed by atoms with Gasteiger partial charge >= 0.3 is 5.97 Å². The fraction of sp³-hybridized carbons (Fsp3) is 0.480. The number of halogens is 2. The lowest BCUT2D eigenvalue weighted by atomic mass is 9.78. The minimum atomic E-state index is -0.501. The van der Waals surface area contributed by atoms with Crippen molar-refractivity contribution in [3.05, 3.63) is 65.2 Å². The summed E-state index contributed by atoms with van der Waals surface area (Å²) in [5.41, 5.74) is 8.68. The van der Waals surface area contributed by atoms with E-state index < -0.39 is 12.1 Å². The maximum absolute atomic E-state index is 11.8. The van der Waals surface area contributed by atoms with E-state index in [-0.39, 0.29) is 30.9 Å². The molecule has 0 spiro atoms.